The van der Waals surface area contributed by atoms with Crippen LogP contribution in [0.25, 0.3) is 0 Å². The molecule has 5 rings (SSSR count). The summed E-state index contributed by atoms with van der Waals surface area (Å²) in [6.45, 7) is 9.20. The van der Waals surface area contributed by atoms with Crippen molar-refractivity contribution < 1.29 is 18.4 Å². The van der Waals surface area contributed by atoms with Gasteiger partial charge in [0.25, 0.3) is 0 Å². The first-order chi connectivity index (χ1) is 15.2. The average molecular weight is 432 g/mol. The average Bonchev–Trinajstić information content (AvgIpc) is 3.29. The van der Waals surface area contributed by atoms with Crippen molar-refractivity contribution in [2.24, 2.45) is 0 Å². The van der Waals surface area contributed by atoms with Crippen LogP contribution in [0.15, 0.2) is 97.1 Å². The molecule has 1 saturated carbocycles. The zero-order valence-corrected chi connectivity index (χ0v) is 18.3. The summed E-state index contributed by atoms with van der Waals surface area (Å²) in [7, 11) is -3.17. The number of hydrogen-bond acceptors (Lipinski definition) is 4. The molecule has 0 spiro atoms. The molecule has 158 valence electrons. The van der Waals surface area contributed by atoms with Gasteiger partial charge in [-0.3, -0.25) is 4.90 Å². The molecule has 3 atom stereocenters. The van der Waals surface area contributed by atoms with Gasteiger partial charge in [0.05, 0.1) is 6.61 Å². The molecular formula is C25H25NO4Si. The third kappa shape index (κ3) is 3.19. The lowest BCUT2D eigenvalue weighted by atomic mass is 10.0. The third-order valence-electron chi connectivity index (χ3n) is 6.19. The van der Waals surface area contributed by atoms with E-state index in [-0.39, 0.29) is 12.1 Å². The summed E-state index contributed by atoms with van der Waals surface area (Å²) in [6.07, 6.45) is 3.53. The molecule has 2 fully saturated rings. The quantitative estimate of drug-likeness (QED) is 0.500. The molecule has 2 aliphatic heterocycles. The van der Waals surface area contributed by atoms with Crippen LogP contribution in [0.2, 0.25) is 0 Å². The zero-order valence-electron chi connectivity index (χ0n) is 17.3. The van der Waals surface area contributed by atoms with Crippen LogP contribution in [0.5, 0.6) is 0 Å². The number of ether oxygens (including phenoxy) is 1. The first-order valence-corrected chi connectivity index (χ1v) is 12.4. The topological polar surface area (TPSA) is 48.0 Å². The van der Waals surface area contributed by atoms with Crippen LogP contribution in [0.4, 0.5) is 4.79 Å². The van der Waals surface area contributed by atoms with Crippen molar-refractivity contribution in [3.8, 4) is 0 Å². The number of rotatable bonds is 7. The summed E-state index contributed by atoms with van der Waals surface area (Å²) in [5, 5.41) is 1.97. The van der Waals surface area contributed by atoms with Gasteiger partial charge in [-0.25, -0.2) is 4.79 Å². The van der Waals surface area contributed by atoms with E-state index in [0.717, 1.165) is 27.9 Å². The summed E-state index contributed by atoms with van der Waals surface area (Å²) < 4.78 is 19.3. The second-order valence-corrected chi connectivity index (χ2v) is 10.9. The summed E-state index contributed by atoms with van der Waals surface area (Å²) in [5.41, 5.74) is 1.93. The minimum absolute atomic E-state index is 0.128. The molecule has 0 unspecified atom stereocenters. The maximum atomic E-state index is 12.5. The van der Waals surface area contributed by atoms with Crippen LogP contribution in [-0.4, -0.2) is 51.0 Å². The molecule has 1 aliphatic carbocycles. The fourth-order valence-electron chi connectivity index (χ4n) is 4.82. The molecule has 1 saturated heterocycles. The molecule has 31 heavy (non-hydrogen) atoms. The van der Waals surface area contributed by atoms with E-state index in [0.29, 0.717) is 13.2 Å². The number of amides is 1. The van der Waals surface area contributed by atoms with Crippen LogP contribution >= 0.6 is 0 Å². The Morgan fingerprint density at radius 3 is 2.35 bits per heavy atom. The molecule has 0 bridgehead atoms. The van der Waals surface area contributed by atoms with Gasteiger partial charge in [0.2, 0.25) is 0 Å². The number of hydrogen-bond donors (Lipinski definition) is 0. The van der Waals surface area contributed by atoms with Crippen LogP contribution in [0, 0.1) is 0 Å². The highest BCUT2D eigenvalue weighted by Gasteiger charge is 2.58. The lowest BCUT2D eigenvalue weighted by Gasteiger charge is -2.35. The summed E-state index contributed by atoms with van der Waals surface area (Å²) in [5.74, 6) is 0. The molecule has 3 aliphatic rings. The normalized spacial score (nSPS) is 24.6. The van der Waals surface area contributed by atoms with Gasteiger partial charge in [0, 0.05) is 6.54 Å². The molecule has 0 N–H and O–H groups in total. The predicted octanol–water partition coefficient (Wildman–Crippen LogP) is 2.92. The molecule has 6 heteroatoms. The number of nitrogens with zero attached hydrogens (tertiary/aromatic N) is 1. The SMILES string of the molecule is C=CCO[Si](O[C@H]1C(=C)C2=CCCN3C(=O)O[C@H]1[C@H]23)(c1ccccc1)c1ccccc1. The van der Waals surface area contributed by atoms with Gasteiger partial charge in [0.15, 0.2) is 6.10 Å². The number of carbonyl (C=O) groups is 1. The van der Waals surface area contributed by atoms with E-state index in [2.05, 4.69) is 19.2 Å². The van der Waals surface area contributed by atoms with E-state index in [4.69, 9.17) is 13.6 Å². The van der Waals surface area contributed by atoms with Gasteiger partial charge in [-0.15, -0.1) is 6.58 Å². The van der Waals surface area contributed by atoms with E-state index in [9.17, 15) is 4.79 Å². The monoisotopic (exact) mass is 431 g/mol. The Morgan fingerprint density at radius 2 is 1.74 bits per heavy atom. The summed E-state index contributed by atoms with van der Waals surface area (Å²) >= 11 is 0. The van der Waals surface area contributed by atoms with Gasteiger partial charge in [-0.05, 0) is 27.9 Å². The Labute approximate surface area is 183 Å². The Kier molecular flexibility index (Phi) is 5.13. The standard InChI is InChI=1S/C25H25NO4Si/c1-3-17-28-31(19-11-6-4-7-12-19,20-13-8-5-9-14-20)30-23-18(2)21-15-10-16-26-22(21)24(23)29-25(26)27/h3-9,11-15,22-24H,1-2,10,16-17H2/t22-,23-,24-/m0/s1. The highest BCUT2D eigenvalue weighted by Crippen LogP contribution is 2.44. The zero-order chi connectivity index (χ0) is 21.4. The second kappa shape index (κ2) is 7.96. The molecule has 2 heterocycles. The van der Waals surface area contributed by atoms with Crippen LogP contribution in [-0.2, 0) is 13.6 Å². The smallest absolute Gasteiger partial charge is 0.410 e. The van der Waals surface area contributed by atoms with Crippen molar-refractivity contribution in [2.45, 2.75) is 24.7 Å². The first kappa shape index (κ1) is 20.0. The molecule has 2 aromatic carbocycles. The van der Waals surface area contributed by atoms with Crippen molar-refractivity contribution in [3.05, 3.63) is 97.1 Å². The molecule has 0 aromatic heterocycles. The molecule has 2 aromatic rings. The van der Waals surface area contributed by atoms with E-state index in [1.165, 1.54) is 0 Å². The van der Waals surface area contributed by atoms with Crippen molar-refractivity contribution in [1.82, 2.24) is 4.90 Å². The molecule has 5 nitrogen and oxygen atoms in total. The third-order valence-corrected chi connectivity index (χ3v) is 9.53. The van der Waals surface area contributed by atoms with E-state index < -0.39 is 20.8 Å². The highest BCUT2D eigenvalue weighted by molar-refractivity contribution is 6.92. The summed E-state index contributed by atoms with van der Waals surface area (Å²) in [6, 6.07) is 20.0. The van der Waals surface area contributed by atoms with E-state index in [1.807, 2.05) is 60.7 Å². The minimum atomic E-state index is -3.17. The van der Waals surface area contributed by atoms with Crippen LogP contribution in [0.3, 0.4) is 0 Å². The van der Waals surface area contributed by atoms with Gasteiger partial charge < -0.3 is 13.6 Å². The Hall–Kier alpha value is -2.93. The van der Waals surface area contributed by atoms with Crippen LogP contribution in [0.1, 0.15) is 6.42 Å². The molecular weight excluding hydrogens is 406 g/mol. The van der Waals surface area contributed by atoms with Crippen molar-refractivity contribution in [2.75, 3.05) is 13.2 Å². The summed E-state index contributed by atoms with van der Waals surface area (Å²) in [4.78, 5) is 14.3. The second-order valence-electron chi connectivity index (χ2n) is 7.95. The van der Waals surface area contributed by atoms with E-state index in [1.54, 1.807) is 11.0 Å². The molecule has 0 radical (unpaired) electrons. The lowest BCUT2D eigenvalue weighted by Crippen LogP contribution is -2.65. The fraction of sp³-hybridized carbons (Fsp3) is 0.240. The van der Waals surface area contributed by atoms with E-state index >= 15 is 0 Å². The Morgan fingerprint density at radius 1 is 1.10 bits per heavy atom. The number of benzene rings is 2. The van der Waals surface area contributed by atoms with Gasteiger partial charge in [-0.1, -0.05) is 79.4 Å². The maximum Gasteiger partial charge on any atom is 0.410 e. The van der Waals surface area contributed by atoms with Crippen LogP contribution < -0.4 is 10.4 Å². The van der Waals surface area contributed by atoms with Gasteiger partial charge >= 0.3 is 14.7 Å². The van der Waals surface area contributed by atoms with Crippen molar-refractivity contribution in [3.63, 3.8) is 0 Å². The number of carbonyl (C=O) groups excluding carboxylic acids is 1. The van der Waals surface area contributed by atoms with Crippen molar-refractivity contribution in [1.29, 1.82) is 0 Å². The minimum Gasteiger partial charge on any atom is -0.440 e. The fourth-order valence-corrected chi connectivity index (χ4v) is 8.07. The maximum absolute atomic E-state index is 12.5. The first-order valence-electron chi connectivity index (χ1n) is 10.6. The predicted molar refractivity (Wildman–Crippen MR) is 122 cm³/mol. The Balaban J connectivity index is 1.62. The Bertz CT molecular complexity index is 997. The lowest BCUT2D eigenvalue weighted by molar-refractivity contribution is 0.0528. The van der Waals surface area contributed by atoms with Gasteiger partial charge in [-0.2, -0.15) is 0 Å². The van der Waals surface area contributed by atoms with Gasteiger partial charge in [0.1, 0.15) is 12.1 Å². The van der Waals surface area contributed by atoms with Crippen molar-refractivity contribution >= 4 is 25.0 Å². The largest absolute Gasteiger partial charge is 0.440 e. The highest BCUT2D eigenvalue weighted by atomic mass is 28.4. The molecule has 1 amide bonds.